The van der Waals surface area contributed by atoms with Crippen molar-refractivity contribution in [3.05, 3.63) is 41.7 Å². The van der Waals surface area contributed by atoms with E-state index in [4.69, 9.17) is 0 Å². The van der Waals surface area contributed by atoms with E-state index in [-0.39, 0.29) is 17.4 Å². The molecular weight excluding hydrogens is 217 g/mol. The van der Waals surface area contributed by atoms with E-state index in [2.05, 4.69) is 11.9 Å². The molecule has 0 fully saturated rings. The molecule has 0 saturated carbocycles. The minimum absolute atomic E-state index is 0.152. The van der Waals surface area contributed by atoms with Crippen molar-refractivity contribution in [1.82, 2.24) is 0 Å². The van der Waals surface area contributed by atoms with E-state index in [0.717, 1.165) is 17.5 Å². The Morgan fingerprint density at radius 2 is 2.24 bits per heavy atom. The Morgan fingerprint density at radius 1 is 1.53 bits per heavy atom. The number of carbonyl (C=O) groups is 1. The van der Waals surface area contributed by atoms with E-state index in [9.17, 15) is 9.18 Å². The molecule has 0 aliphatic heterocycles. The van der Waals surface area contributed by atoms with Crippen LogP contribution in [0, 0.1) is 12.7 Å². The summed E-state index contributed by atoms with van der Waals surface area (Å²) in [5.41, 5.74) is 1.89. The molecule has 0 aliphatic carbocycles. The Morgan fingerprint density at radius 3 is 2.82 bits per heavy atom. The first-order valence-corrected chi connectivity index (χ1v) is 5.78. The Labute approximate surface area is 102 Å². The monoisotopic (exact) mass is 235 g/mol. The van der Waals surface area contributed by atoms with Crippen LogP contribution in [0.25, 0.3) is 0 Å². The van der Waals surface area contributed by atoms with Gasteiger partial charge >= 0.3 is 0 Å². The summed E-state index contributed by atoms with van der Waals surface area (Å²) in [5.74, 6) is -0.535. The third-order valence-electron chi connectivity index (χ3n) is 2.42. The maximum Gasteiger partial charge on any atom is 0.224 e. The van der Waals surface area contributed by atoms with Gasteiger partial charge in [0.2, 0.25) is 5.91 Å². The Kier molecular flexibility index (Phi) is 4.88. The van der Waals surface area contributed by atoms with Crippen LogP contribution in [0.2, 0.25) is 0 Å². The first-order chi connectivity index (χ1) is 8.08. The second-order valence-electron chi connectivity index (χ2n) is 4.07. The van der Waals surface area contributed by atoms with Crippen LogP contribution in [-0.4, -0.2) is 5.91 Å². The van der Waals surface area contributed by atoms with Crippen LogP contribution < -0.4 is 5.32 Å². The third-order valence-corrected chi connectivity index (χ3v) is 2.42. The molecule has 1 N–H and O–H groups in total. The average molecular weight is 235 g/mol. The highest BCUT2D eigenvalue weighted by atomic mass is 19.1. The van der Waals surface area contributed by atoms with Crippen LogP contribution >= 0.6 is 0 Å². The molecule has 0 spiro atoms. The lowest BCUT2D eigenvalue weighted by Gasteiger charge is -2.12. The molecule has 1 aromatic rings. The van der Waals surface area contributed by atoms with Crippen LogP contribution in [0.15, 0.2) is 24.8 Å². The molecule has 0 unspecified atom stereocenters. The fourth-order valence-corrected chi connectivity index (χ4v) is 1.70. The van der Waals surface area contributed by atoms with Crippen molar-refractivity contribution in [3.63, 3.8) is 0 Å². The van der Waals surface area contributed by atoms with Gasteiger partial charge in [-0.3, -0.25) is 4.79 Å². The summed E-state index contributed by atoms with van der Waals surface area (Å²) in [6, 6.07) is 3.29. The quantitative estimate of drug-likeness (QED) is 0.776. The van der Waals surface area contributed by atoms with Crippen molar-refractivity contribution in [2.24, 2.45) is 0 Å². The van der Waals surface area contributed by atoms with Crippen LogP contribution in [-0.2, 0) is 11.2 Å². The van der Waals surface area contributed by atoms with Crippen molar-refractivity contribution in [2.45, 2.75) is 33.1 Å². The topological polar surface area (TPSA) is 29.1 Å². The van der Waals surface area contributed by atoms with Gasteiger partial charge in [-0.05, 0) is 37.0 Å². The van der Waals surface area contributed by atoms with Gasteiger partial charge in [-0.15, -0.1) is 6.58 Å². The molecule has 1 amide bonds. The van der Waals surface area contributed by atoms with E-state index in [1.54, 1.807) is 6.08 Å². The number of rotatable bonds is 5. The van der Waals surface area contributed by atoms with Gasteiger partial charge in [0.25, 0.3) is 0 Å². The molecule has 92 valence electrons. The number of allylic oxidation sites excluding steroid dienone is 1. The van der Waals surface area contributed by atoms with E-state index in [0.29, 0.717) is 12.8 Å². The highest BCUT2D eigenvalue weighted by Gasteiger charge is 2.11. The smallest absolute Gasteiger partial charge is 0.224 e. The number of amides is 1. The maximum absolute atomic E-state index is 13.8. The number of benzene rings is 1. The number of hydrogen-bond acceptors (Lipinski definition) is 1. The summed E-state index contributed by atoms with van der Waals surface area (Å²) >= 11 is 0. The number of anilines is 1. The van der Waals surface area contributed by atoms with Crippen LogP contribution in [0.3, 0.4) is 0 Å². The Balaban J connectivity index is 3.03. The molecule has 0 aliphatic rings. The summed E-state index contributed by atoms with van der Waals surface area (Å²) in [6.07, 6.45) is 3.39. The number of halogens is 1. The summed E-state index contributed by atoms with van der Waals surface area (Å²) in [7, 11) is 0. The molecule has 3 heteroatoms. The minimum Gasteiger partial charge on any atom is -0.323 e. The zero-order valence-electron chi connectivity index (χ0n) is 10.3. The predicted octanol–water partition coefficient (Wildman–Crippen LogP) is 3.60. The van der Waals surface area contributed by atoms with E-state index < -0.39 is 0 Å². The zero-order chi connectivity index (χ0) is 12.8. The molecule has 2 nitrogen and oxygen atoms in total. The fraction of sp³-hybridized carbons (Fsp3) is 0.357. The third kappa shape index (κ3) is 3.70. The van der Waals surface area contributed by atoms with Crippen LogP contribution in [0.5, 0.6) is 0 Å². The van der Waals surface area contributed by atoms with Gasteiger partial charge in [0, 0.05) is 6.42 Å². The van der Waals surface area contributed by atoms with E-state index in [1.807, 2.05) is 19.9 Å². The van der Waals surface area contributed by atoms with Gasteiger partial charge in [-0.1, -0.05) is 19.1 Å². The SMILES string of the molecule is C=CCc1cc(C)cc(F)c1NC(=O)CCC. The summed E-state index contributed by atoms with van der Waals surface area (Å²) < 4.78 is 13.8. The molecule has 1 aromatic carbocycles. The lowest BCUT2D eigenvalue weighted by molar-refractivity contribution is -0.116. The van der Waals surface area contributed by atoms with Gasteiger partial charge in [0.1, 0.15) is 5.82 Å². The Bertz CT molecular complexity index is 426. The first kappa shape index (κ1) is 13.4. The standard InChI is InChI=1S/C14H18FNO/c1-4-6-11-8-10(3)9-12(15)14(11)16-13(17)7-5-2/h4,8-9H,1,5-7H2,2-3H3,(H,16,17). The molecule has 17 heavy (non-hydrogen) atoms. The molecule has 1 rings (SSSR count). The fourth-order valence-electron chi connectivity index (χ4n) is 1.70. The molecule has 0 heterocycles. The van der Waals surface area contributed by atoms with Crippen molar-refractivity contribution < 1.29 is 9.18 Å². The van der Waals surface area contributed by atoms with Crippen molar-refractivity contribution in [3.8, 4) is 0 Å². The number of aryl methyl sites for hydroxylation is 1. The van der Waals surface area contributed by atoms with Gasteiger partial charge in [-0.2, -0.15) is 0 Å². The molecule has 0 atom stereocenters. The largest absolute Gasteiger partial charge is 0.323 e. The van der Waals surface area contributed by atoms with Gasteiger partial charge in [-0.25, -0.2) is 4.39 Å². The summed E-state index contributed by atoms with van der Waals surface area (Å²) in [4.78, 5) is 11.5. The van der Waals surface area contributed by atoms with Crippen LogP contribution in [0.1, 0.15) is 30.9 Å². The number of hydrogen-bond donors (Lipinski definition) is 1. The first-order valence-electron chi connectivity index (χ1n) is 5.78. The number of carbonyl (C=O) groups excluding carboxylic acids is 1. The molecular formula is C14H18FNO. The average Bonchev–Trinajstić information content (AvgIpc) is 2.24. The number of nitrogens with one attached hydrogen (secondary N) is 1. The second-order valence-corrected chi connectivity index (χ2v) is 4.07. The highest BCUT2D eigenvalue weighted by molar-refractivity contribution is 5.91. The van der Waals surface area contributed by atoms with Gasteiger partial charge < -0.3 is 5.32 Å². The summed E-state index contributed by atoms with van der Waals surface area (Å²) in [5, 5.41) is 2.63. The second kappa shape index (κ2) is 6.18. The van der Waals surface area contributed by atoms with Crippen LogP contribution in [0.4, 0.5) is 10.1 Å². The van der Waals surface area contributed by atoms with Crippen molar-refractivity contribution in [2.75, 3.05) is 5.32 Å². The van der Waals surface area contributed by atoms with Gasteiger partial charge in [0.15, 0.2) is 0 Å². The molecule has 0 bridgehead atoms. The normalized spacial score (nSPS) is 10.1. The van der Waals surface area contributed by atoms with E-state index in [1.165, 1.54) is 6.07 Å². The van der Waals surface area contributed by atoms with E-state index >= 15 is 0 Å². The van der Waals surface area contributed by atoms with Gasteiger partial charge in [0.05, 0.1) is 5.69 Å². The predicted molar refractivity (Wildman–Crippen MR) is 68.6 cm³/mol. The maximum atomic E-state index is 13.8. The lowest BCUT2D eigenvalue weighted by Crippen LogP contribution is -2.13. The van der Waals surface area contributed by atoms with Crippen molar-refractivity contribution >= 4 is 11.6 Å². The molecule has 0 aromatic heterocycles. The van der Waals surface area contributed by atoms with Crippen molar-refractivity contribution in [1.29, 1.82) is 0 Å². The lowest BCUT2D eigenvalue weighted by atomic mass is 10.1. The minimum atomic E-state index is -0.383. The molecule has 0 radical (unpaired) electrons. The zero-order valence-corrected chi connectivity index (χ0v) is 10.3. The molecule has 0 saturated heterocycles. The summed E-state index contributed by atoms with van der Waals surface area (Å²) in [6.45, 7) is 7.38. The highest BCUT2D eigenvalue weighted by Crippen LogP contribution is 2.23. The Hall–Kier alpha value is -1.64.